The Morgan fingerprint density at radius 3 is 2.58 bits per heavy atom. The molecule has 0 aliphatic heterocycles. The van der Waals surface area contributed by atoms with E-state index in [1.54, 1.807) is 0 Å². The van der Waals surface area contributed by atoms with Gasteiger partial charge in [0.2, 0.25) is 0 Å². The number of alkyl halides is 1. The second kappa shape index (κ2) is 6.07. The fourth-order valence-corrected chi connectivity index (χ4v) is 2.22. The van der Waals surface area contributed by atoms with Crippen LogP contribution in [0.2, 0.25) is 0 Å². The molecule has 0 unspecified atom stereocenters. The molecule has 0 saturated carbocycles. The van der Waals surface area contributed by atoms with Crippen molar-refractivity contribution in [2.24, 2.45) is 0 Å². The van der Waals surface area contributed by atoms with Crippen LogP contribution in [0.4, 0.5) is 10.1 Å². The van der Waals surface area contributed by atoms with Gasteiger partial charge < -0.3 is 4.90 Å². The van der Waals surface area contributed by atoms with Gasteiger partial charge in [-0.05, 0) is 41.8 Å². The molecular formula is C16H17ClFN. The first-order valence-corrected chi connectivity index (χ1v) is 6.74. The van der Waals surface area contributed by atoms with Gasteiger partial charge in [-0.3, -0.25) is 0 Å². The molecule has 2 aromatic carbocycles. The van der Waals surface area contributed by atoms with Gasteiger partial charge in [0.1, 0.15) is 5.82 Å². The number of nitrogens with zero attached hydrogens (tertiary/aromatic N) is 1. The quantitative estimate of drug-likeness (QED) is 0.743. The van der Waals surface area contributed by atoms with Crippen LogP contribution in [-0.4, -0.2) is 7.05 Å². The summed E-state index contributed by atoms with van der Waals surface area (Å²) in [6, 6.07) is 13.1. The van der Waals surface area contributed by atoms with Crippen molar-refractivity contribution in [3.05, 3.63) is 65.0 Å². The molecule has 3 heteroatoms. The number of benzene rings is 2. The van der Waals surface area contributed by atoms with E-state index >= 15 is 0 Å². The molecule has 100 valence electrons. The monoisotopic (exact) mass is 277 g/mol. The Balaban J connectivity index is 2.22. The van der Waals surface area contributed by atoms with Crippen LogP contribution < -0.4 is 4.90 Å². The van der Waals surface area contributed by atoms with Crippen LogP contribution in [0.15, 0.2) is 42.5 Å². The van der Waals surface area contributed by atoms with Gasteiger partial charge in [-0.25, -0.2) is 4.39 Å². The van der Waals surface area contributed by atoms with Gasteiger partial charge >= 0.3 is 0 Å². The highest BCUT2D eigenvalue weighted by molar-refractivity contribution is 6.17. The molecule has 19 heavy (non-hydrogen) atoms. The van der Waals surface area contributed by atoms with Crippen molar-refractivity contribution in [3.63, 3.8) is 0 Å². The lowest BCUT2D eigenvalue weighted by molar-refractivity contribution is 0.625. The number of halogens is 2. The molecule has 0 saturated heterocycles. The molecule has 0 atom stereocenters. The average Bonchev–Trinajstić information content (AvgIpc) is 2.40. The van der Waals surface area contributed by atoms with Crippen molar-refractivity contribution >= 4 is 17.3 Å². The average molecular weight is 278 g/mol. The first-order valence-electron chi connectivity index (χ1n) is 6.21. The topological polar surface area (TPSA) is 3.24 Å². The highest BCUT2D eigenvalue weighted by Gasteiger charge is 2.07. The van der Waals surface area contributed by atoms with E-state index in [0.717, 1.165) is 17.8 Å². The molecule has 0 radical (unpaired) electrons. The van der Waals surface area contributed by atoms with Gasteiger partial charge in [0.25, 0.3) is 0 Å². The maximum atomic E-state index is 13.5. The van der Waals surface area contributed by atoms with Gasteiger partial charge in [-0.1, -0.05) is 24.3 Å². The van der Waals surface area contributed by atoms with Crippen LogP contribution in [0, 0.1) is 12.7 Å². The molecule has 0 aromatic heterocycles. The van der Waals surface area contributed by atoms with Crippen molar-refractivity contribution in [2.45, 2.75) is 19.3 Å². The molecule has 0 bridgehead atoms. The molecule has 0 N–H and O–H groups in total. The van der Waals surface area contributed by atoms with Gasteiger partial charge in [-0.2, -0.15) is 0 Å². The fourth-order valence-electron chi connectivity index (χ4n) is 2.07. The van der Waals surface area contributed by atoms with Gasteiger partial charge in [-0.15, -0.1) is 11.6 Å². The largest absolute Gasteiger partial charge is 0.370 e. The van der Waals surface area contributed by atoms with E-state index in [1.165, 1.54) is 23.3 Å². The minimum Gasteiger partial charge on any atom is -0.370 e. The predicted molar refractivity (Wildman–Crippen MR) is 79.2 cm³/mol. The van der Waals surface area contributed by atoms with Crippen molar-refractivity contribution in [1.29, 1.82) is 0 Å². The Kier molecular flexibility index (Phi) is 4.43. The zero-order valence-electron chi connectivity index (χ0n) is 11.2. The minimum atomic E-state index is -0.246. The summed E-state index contributed by atoms with van der Waals surface area (Å²) >= 11 is 5.78. The summed E-state index contributed by atoms with van der Waals surface area (Å²) in [4.78, 5) is 2.03. The summed E-state index contributed by atoms with van der Waals surface area (Å²) in [7, 11) is 1.96. The Morgan fingerprint density at radius 2 is 1.89 bits per heavy atom. The van der Waals surface area contributed by atoms with Crippen LogP contribution in [0.3, 0.4) is 0 Å². The molecule has 2 aromatic rings. The molecule has 0 fully saturated rings. The first-order chi connectivity index (χ1) is 9.10. The van der Waals surface area contributed by atoms with Gasteiger partial charge in [0, 0.05) is 25.2 Å². The molecule has 0 aliphatic carbocycles. The Bertz CT molecular complexity index is 568. The second-order valence-corrected chi connectivity index (χ2v) is 5.00. The fraction of sp³-hybridized carbons (Fsp3) is 0.250. The van der Waals surface area contributed by atoms with E-state index in [4.69, 9.17) is 11.6 Å². The maximum Gasteiger partial charge on any atom is 0.125 e. The summed E-state index contributed by atoms with van der Waals surface area (Å²) < 4.78 is 13.5. The van der Waals surface area contributed by atoms with Gasteiger partial charge in [0.15, 0.2) is 0 Å². The number of hydrogen-bond donors (Lipinski definition) is 0. The SMILES string of the molecule is Cc1ccccc1CN(C)c1cc(F)cc(CCl)c1. The van der Waals surface area contributed by atoms with Crippen molar-refractivity contribution in [1.82, 2.24) is 0 Å². The Labute approximate surface area is 118 Å². The predicted octanol–water partition coefficient (Wildman–Crippen LogP) is 4.51. The van der Waals surface area contributed by atoms with Crippen molar-refractivity contribution in [2.75, 3.05) is 11.9 Å². The summed E-state index contributed by atoms with van der Waals surface area (Å²) in [5.74, 6) is 0.0768. The Hall–Kier alpha value is -1.54. The molecular weight excluding hydrogens is 261 g/mol. The first kappa shape index (κ1) is 13.9. The van der Waals surface area contributed by atoms with E-state index in [2.05, 4.69) is 19.1 Å². The third-order valence-corrected chi connectivity index (χ3v) is 3.51. The molecule has 0 heterocycles. The third-order valence-electron chi connectivity index (χ3n) is 3.21. The summed E-state index contributed by atoms with van der Waals surface area (Å²) in [5.41, 5.74) is 4.12. The van der Waals surface area contributed by atoms with Crippen LogP contribution in [-0.2, 0) is 12.4 Å². The van der Waals surface area contributed by atoms with Crippen molar-refractivity contribution in [3.8, 4) is 0 Å². The van der Waals surface area contributed by atoms with E-state index < -0.39 is 0 Å². The smallest absolute Gasteiger partial charge is 0.125 e. The second-order valence-electron chi connectivity index (χ2n) is 4.73. The lowest BCUT2D eigenvalue weighted by atomic mass is 10.1. The number of aryl methyl sites for hydroxylation is 1. The lowest BCUT2D eigenvalue weighted by Crippen LogP contribution is -2.17. The maximum absolute atomic E-state index is 13.5. The summed E-state index contributed by atoms with van der Waals surface area (Å²) in [6.45, 7) is 2.83. The molecule has 0 amide bonds. The molecule has 1 nitrogen and oxygen atoms in total. The number of rotatable bonds is 4. The normalized spacial score (nSPS) is 10.5. The zero-order chi connectivity index (χ0) is 13.8. The van der Waals surface area contributed by atoms with Crippen molar-refractivity contribution < 1.29 is 4.39 Å². The molecule has 0 aliphatic rings. The Morgan fingerprint density at radius 1 is 1.16 bits per heavy atom. The van der Waals surface area contributed by atoms with E-state index in [-0.39, 0.29) is 5.82 Å². The van der Waals surface area contributed by atoms with Crippen LogP contribution >= 0.6 is 11.6 Å². The zero-order valence-corrected chi connectivity index (χ0v) is 11.9. The molecule has 2 rings (SSSR count). The van der Waals surface area contributed by atoms with Gasteiger partial charge in [0.05, 0.1) is 0 Å². The van der Waals surface area contributed by atoms with Crippen LogP contribution in [0.1, 0.15) is 16.7 Å². The van der Waals surface area contributed by atoms with E-state index in [9.17, 15) is 4.39 Å². The highest BCUT2D eigenvalue weighted by Crippen LogP contribution is 2.21. The van der Waals surface area contributed by atoms with E-state index in [0.29, 0.717) is 5.88 Å². The standard InChI is InChI=1S/C16H17ClFN/c1-12-5-3-4-6-14(12)11-19(2)16-8-13(10-17)7-15(18)9-16/h3-9H,10-11H2,1-2H3. The highest BCUT2D eigenvalue weighted by atomic mass is 35.5. The number of anilines is 1. The number of hydrogen-bond acceptors (Lipinski definition) is 1. The lowest BCUT2D eigenvalue weighted by Gasteiger charge is -2.21. The van der Waals surface area contributed by atoms with E-state index in [1.807, 2.05) is 30.1 Å². The summed E-state index contributed by atoms with van der Waals surface area (Å²) in [6.07, 6.45) is 0. The summed E-state index contributed by atoms with van der Waals surface area (Å²) in [5, 5.41) is 0. The minimum absolute atomic E-state index is 0.246. The molecule has 0 spiro atoms. The third kappa shape index (κ3) is 3.48. The van der Waals surface area contributed by atoms with Crippen LogP contribution in [0.5, 0.6) is 0 Å². The van der Waals surface area contributed by atoms with Crippen LogP contribution in [0.25, 0.3) is 0 Å².